The number of hydrogen-bond donors (Lipinski definition) is 4. The molecular weight excluding hydrogens is 396 g/mol. The molecule has 2 aliphatic rings. The number of benzene rings is 1. The van der Waals surface area contributed by atoms with Crippen LogP contribution in [0.2, 0.25) is 0 Å². The number of piperidine rings is 1. The molecule has 1 heterocycles. The molecule has 5 N–H and O–H groups in total. The number of hydrogen-bond acceptors (Lipinski definition) is 5. The largest absolute Gasteiger partial charge is 0.508 e. The van der Waals surface area contributed by atoms with E-state index in [1.807, 2.05) is 6.92 Å². The van der Waals surface area contributed by atoms with Crippen molar-refractivity contribution >= 4 is 11.9 Å². The average Bonchev–Trinajstić information content (AvgIpc) is 2.66. The SMILES string of the molecule is Cc1ccc(O)cc1C12CCN(CC(F)F)C(C)C1(O)CCC(C(=O)NC(N)=O)C2. The fraction of sp³-hybridized carbons (Fsp3) is 0.619. The lowest BCUT2D eigenvalue weighted by molar-refractivity contribution is -0.171. The Labute approximate surface area is 174 Å². The van der Waals surface area contributed by atoms with Crippen molar-refractivity contribution in [2.45, 2.75) is 63.0 Å². The van der Waals surface area contributed by atoms with Crippen molar-refractivity contribution in [3.05, 3.63) is 29.3 Å². The molecule has 4 atom stereocenters. The predicted octanol–water partition coefficient (Wildman–Crippen LogP) is 2.02. The second kappa shape index (κ2) is 8.11. The third kappa shape index (κ3) is 3.76. The minimum absolute atomic E-state index is 0.0266. The van der Waals surface area contributed by atoms with Gasteiger partial charge in [0, 0.05) is 17.4 Å². The number of halogens is 2. The van der Waals surface area contributed by atoms with Gasteiger partial charge in [-0.3, -0.25) is 15.0 Å². The van der Waals surface area contributed by atoms with Gasteiger partial charge in [0.1, 0.15) is 5.75 Å². The topological polar surface area (TPSA) is 116 Å². The van der Waals surface area contributed by atoms with Crippen LogP contribution in [0.3, 0.4) is 0 Å². The van der Waals surface area contributed by atoms with E-state index in [2.05, 4.69) is 5.32 Å². The molecule has 2 fully saturated rings. The lowest BCUT2D eigenvalue weighted by Crippen LogP contribution is -2.70. The van der Waals surface area contributed by atoms with Crippen LogP contribution in [0.5, 0.6) is 5.75 Å². The van der Waals surface area contributed by atoms with Crippen LogP contribution >= 0.6 is 0 Å². The molecular formula is C21H29F2N3O4. The monoisotopic (exact) mass is 425 g/mol. The van der Waals surface area contributed by atoms with Gasteiger partial charge in [0.25, 0.3) is 6.43 Å². The number of imide groups is 1. The molecule has 0 aromatic heterocycles. The first-order chi connectivity index (χ1) is 14.0. The molecule has 4 unspecified atom stereocenters. The Morgan fingerprint density at radius 2 is 2.07 bits per heavy atom. The number of fused-ring (bicyclic) bond motifs is 1. The Bertz CT molecular complexity index is 836. The average molecular weight is 425 g/mol. The number of aliphatic hydroxyl groups is 1. The summed E-state index contributed by atoms with van der Waals surface area (Å²) in [6.07, 6.45) is -1.48. The smallest absolute Gasteiger partial charge is 0.318 e. The van der Waals surface area contributed by atoms with Crippen molar-refractivity contribution in [1.82, 2.24) is 10.2 Å². The maximum Gasteiger partial charge on any atom is 0.318 e. The molecule has 3 rings (SSSR count). The number of aromatic hydroxyl groups is 1. The van der Waals surface area contributed by atoms with Gasteiger partial charge in [-0.2, -0.15) is 0 Å². The van der Waals surface area contributed by atoms with Gasteiger partial charge in [0.15, 0.2) is 0 Å². The van der Waals surface area contributed by atoms with Crippen LogP contribution in [0.25, 0.3) is 0 Å². The van der Waals surface area contributed by atoms with Gasteiger partial charge < -0.3 is 15.9 Å². The first-order valence-electron chi connectivity index (χ1n) is 10.1. The molecule has 9 heteroatoms. The Balaban J connectivity index is 2.08. The number of amides is 3. The predicted molar refractivity (Wildman–Crippen MR) is 106 cm³/mol. The highest BCUT2D eigenvalue weighted by Crippen LogP contribution is 2.56. The number of phenolic OH excluding ortho intramolecular Hbond substituents is 1. The summed E-state index contributed by atoms with van der Waals surface area (Å²) in [4.78, 5) is 25.3. The molecule has 0 bridgehead atoms. The highest BCUT2D eigenvalue weighted by Gasteiger charge is 2.62. The highest BCUT2D eigenvalue weighted by molar-refractivity contribution is 5.94. The zero-order valence-corrected chi connectivity index (χ0v) is 17.2. The van der Waals surface area contributed by atoms with Crippen molar-refractivity contribution in [2.75, 3.05) is 13.1 Å². The molecule has 3 amide bonds. The third-order valence-corrected chi connectivity index (χ3v) is 7.09. The third-order valence-electron chi connectivity index (χ3n) is 7.09. The number of primary amides is 1. The van der Waals surface area contributed by atoms with E-state index < -0.39 is 47.9 Å². The number of rotatable bonds is 4. The van der Waals surface area contributed by atoms with Gasteiger partial charge in [-0.25, -0.2) is 13.6 Å². The number of carbonyl (C=O) groups is 2. The normalized spacial score (nSPS) is 31.9. The number of urea groups is 1. The quantitative estimate of drug-likeness (QED) is 0.589. The summed E-state index contributed by atoms with van der Waals surface area (Å²) in [5.41, 5.74) is 4.31. The van der Waals surface area contributed by atoms with Crippen molar-refractivity contribution in [2.24, 2.45) is 11.7 Å². The molecule has 1 aliphatic carbocycles. The fourth-order valence-electron chi connectivity index (χ4n) is 5.57. The Morgan fingerprint density at radius 3 is 2.70 bits per heavy atom. The highest BCUT2D eigenvalue weighted by atomic mass is 19.3. The van der Waals surface area contributed by atoms with Gasteiger partial charge in [-0.15, -0.1) is 0 Å². The maximum atomic E-state index is 13.1. The Hall–Kier alpha value is -2.26. The summed E-state index contributed by atoms with van der Waals surface area (Å²) >= 11 is 0. The molecule has 1 saturated heterocycles. The number of nitrogens with zero attached hydrogens (tertiary/aromatic N) is 1. The number of carbonyl (C=O) groups excluding carboxylic acids is 2. The lowest BCUT2D eigenvalue weighted by Gasteiger charge is -2.61. The number of nitrogens with two attached hydrogens (primary N) is 1. The first-order valence-corrected chi connectivity index (χ1v) is 10.1. The van der Waals surface area contributed by atoms with Crippen molar-refractivity contribution in [3.63, 3.8) is 0 Å². The molecule has 0 radical (unpaired) electrons. The summed E-state index contributed by atoms with van der Waals surface area (Å²) in [6, 6.07) is 3.35. The zero-order chi connectivity index (χ0) is 22.3. The van der Waals surface area contributed by atoms with Gasteiger partial charge >= 0.3 is 6.03 Å². The zero-order valence-electron chi connectivity index (χ0n) is 17.2. The van der Waals surface area contributed by atoms with Crippen LogP contribution in [-0.2, 0) is 10.2 Å². The van der Waals surface area contributed by atoms with Crippen LogP contribution in [0.1, 0.15) is 43.7 Å². The molecule has 166 valence electrons. The summed E-state index contributed by atoms with van der Waals surface area (Å²) in [7, 11) is 0. The van der Waals surface area contributed by atoms with Crippen LogP contribution in [-0.4, -0.2) is 58.2 Å². The number of likely N-dealkylation sites (tertiary alicyclic amines) is 1. The van der Waals surface area contributed by atoms with Crippen molar-refractivity contribution in [3.8, 4) is 5.75 Å². The number of aryl methyl sites for hydroxylation is 1. The number of phenols is 1. The van der Waals surface area contributed by atoms with E-state index >= 15 is 0 Å². The van der Waals surface area contributed by atoms with E-state index in [1.165, 1.54) is 0 Å². The molecule has 30 heavy (non-hydrogen) atoms. The van der Waals surface area contributed by atoms with Crippen LogP contribution in [0, 0.1) is 12.8 Å². The molecule has 1 aromatic carbocycles. The maximum absolute atomic E-state index is 13.1. The first kappa shape index (κ1) is 22.4. The standard InChI is InChI=1S/C21H29F2N3O4/c1-12-3-4-15(27)9-16(12)20-7-8-26(11-17(22)23)13(2)21(20,30)6-5-14(10-20)18(28)25-19(24)29/h3-4,9,13-14,17,27,30H,5-8,10-11H2,1-2H3,(H3,24,25,28,29). The van der Waals surface area contributed by atoms with Crippen LogP contribution < -0.4 is 11.1 Å². The van der Waals surface area contributed by atoms with E-state index in [0.717, 1.165) is 5.56 Å². The van der Waals surface area contributed by atoms with Crippen LogP contribution in [0.4, 0.5) is 13.6 Å². The molecule has 1 aliphatic heterocycles. The van der Waals surface area contributed by atoms with E-state index in [-0.39, 0.29) is 18.6 Å². The second-order valence-corrected chi connectivity index (χ2v) is 8.61. The summed E-state index contributed by atoms with van der Waals surface area (Å²) in [5, 5.41) is 24.2. The van der Waals surface area contributed by atoms with E-state index in [4.69, 9.17) is 5.73 Å². The number of nitrogens with one attached hydrogen (secondary N) is 1. The van der Waals surface area contributed by atoms with E-state index in [1.54, 1.807) is 30.0 Å². The molecule has 7 nitrogen and oxygen atoms in total. The Morgan fingerprint density at radius 1 is 1.37 bits per heavy atom. The van der Waals surface area contributed by atoms with Crippen molar-refractivity contribution < 1.29 is 28.6 Å². The van der Waals surface area contributed by atoms with Gasteiger partial charge in [-0.05, 0) is 69.3 Å². The number of alkyl halides is 2. The van der Waals surface area contributed by atoms with E-state index in [0.29, 0.717) is 24.9 Å². The molecule has 1 aromatic rings. The van der Waals surface area contributed by atoms with Crippen LogP contribution in [0.15, 0.2) is 18.2 Å². The van der Waals surface area contributed by atoms with Crippen molar-refractivity contribution in [1.29, 1.82) is 0 Å². The molecule has 1 saturated carbocycles. The minimum Gasteiger partial charge on any atom is -0.508 e. The summed E-state index contributed by atoms with van der Waals surface area (Å²) in [5.74, 6) is -1.06. The van der Waals surface area contributed by atoms with Gasteiger partial charge in [-0.1, -0.05) is 6.07 Å². The van der Waals surface area contributed by atoms with Gasteiger partial charge in [0.05, 0.1) is 12.1 Å². The second-order valence-electron chi connectivity index (χ2n) is 8.61. The molecule has 0 spiro atoms. The summed E-state index contributed by atoms with van der Waals surface area (Å²) < 4.78 is 26.2. The van der Waals surface area contributed by atoms with E-state index in [9.17, 15) is 28.6 Å². The summed E-state index contributed by atoms with van der Waals surface area (Å²) in [6.45, 7) is 3.46. The fourth-order valence-corrected chi connectivity index (χ4v) is 5.57. The lowest BCUT2D eigenvalue weighted by atomic mass is 9.51. The van der Waals surface area contributed by atoms with Gasteiger partial charge in [0.2, 0.25) is 5.91 Å². The Kier molecular flexibility index (Phi) is 6.06. The minimum atomic E-state index is -2.52.